The maximum atomic E-state index is 5.74. The summed E-state index contributed by atoms with van der Waals surface area (Å²) in [6.45, 7) is 0. The Morgan fingerprint density at radius 3 is 1.64 bits per heavy atom. The van der Waals surface area contributed by atoms with Gasteiger partial charge in [-0.1, -0.05) is 84.7 Å². The van der Waals surface area contributed by atoms with Crippen LogP contribution in [-0.2, 0) is 0 Å². The van der Waals surface area contributed by atoms with E-state index in [0.717, 1.165) is 5.69 Å². The quantitative estimate of drug-likeness (QED) is 0.562. The molecule has 2 N–H and O–H groups in total. The predicted molar refractivity (Wildman–Crippen MR) is 99.0 cm³/mol. The second-order valence-electron chi connectivity index (χ2n) is 5.02. The van der Waals surface area contributed by atoms with Crippen molar-refractivity contribution in [3.05, 3.63) is 96.3 Å². The molecule has 0 aliphatic carbocycles. The molecule has 0 fully saturated rings. The van der Waals surface area contributed by atoms with Crippen molar-refractivity contribution < 1.29 is 0 Å². The average molecular weight is 303 g/mol. The van der Waals surface area contributed by atoms with Crippen molar-refractivity contribution in [2.75, 3.05) is 5.73 Å². The Morgan fingerprint density at radius 2 is 1.14 bits per heavy atom. The Morgan fingerprint density at radius 1 is 0.636 bits per heavy atom. The summed E-state index contributed by atoms with van der Waals surface area (Å²) in [5, 5.41) is 2.71. The van der Waals surface area contributed by atoms with E-state index in [-0.39, 0.29) is 0 Å². The second-order valence-corrected chi connectivity index (χ2v) is 7.09. The van der Waals surface area contributed by atoms with E-state index >= 15 is 0 Å². The Balaban J connectivity index is 1.94. The minimum Gasteiger partial charge on any atom is -0.399 e. The van der Waals surface area contributed by atoms with E-state index in [1.54, 1.807) is 0 Å². The van der Waals surface area contributed by atoms with E-state index < -0.39 is 7.92 Å². The second kappa shape index (κ2) is 7.06. The topological polar surface area (TPSA) is 26.0 Å². The zero-order valence-electron chi connectivity index (χ0n) is 12.3. The molecule has 0 heterocycles. The van der Waals surface area contributed by atoms with E-state index in [1.807, 2.05) is 12.1 Å². The van der Waals surface area contributed by atoms with Crippen LogP contribution in [-0.4, -0.2) is 0 Å². The highest BCUT2D eigenvalue weighted by atomic mass is 31.1. The first-order valence-electron chi connectivity index (χ1n) is 7.26. The highest BCUT2D eigenvalue weighted by Gasteiger charge is 2.09. The first-order chi connectivity index (χ1) is 10.8. The largest absolute Gasteiger partial charge is 0.399 e. The Kier molecular flexibility index (Phi) is 4.68. The summed E-state index contributed by atoms with van der Waals surface area (Å²) in [5.74, 6) is 2.31. The molecule has 0 atom stereocenters. The lowest BCUT2D eigenvalue weighted by molar-refractivity contribution is 1.65. The van der Waals surface area contributed by atoms with E-state index in [9.17, 15) is 0 Å². The van der Waals surface area contributed by atoms with Crippen molar-refractivity contribution >= 4 is 30.3 Å². The van der Waals surface area contributed by atoms with Crippen molar-refractivity contribution in [3.8, 4) is 0 Å². The van der Waals surface area contributed by atoms with Gasteiger partial charge in [0.2, 0.25) is 0 Å². The summed E-state index contributed by atoms with van der Waals surface area (Å²) in [5.41, 5.74) is 7.72. The normalized spacial score (nSPS) is 11.1. The van der Waals surface area contributed by atoms with Gasteiger partial charge >= 0.3 is 0 Å². The fraction of sp³-hybridized carbons (Fsp3) is 0. The van der Waals surface area contributed by atoms with Crippen LogP contribution in [0.15, 0.2) is 90.7 Å². The number of nitrogens with two attached hydrogens (primary N) is 1. The fourth-order valence-electron chi connectivity index (χ4n) is 2.27. The van der Waals surface area contributed by atoms with Gasteiger partial charge in [0, 0.05) is 5.69 Å². The van der Waals surface area contributed by atoms with Gasteiger partial charge in [-0.3, -0.25) is 0 Å². The predicted octanol–water partition coefficient (Wildman–Crippen LogP) is 4.37. The van der Waals surface area contributed by atoms with Gasteiger partial charge in [0.1, 0.15) is 0 Å². The monoisotopic (exact) mass is 303 g/mol. The molecule has 0 saturated carbocycles. The third kappa shape index (κ3) is 3.63. The first-order valence-corrected chi connectivity index (χ1v) is 8.67. The molecule has 0 unspecified atom stereocenters. The molecule has 3 aromatic rings. The Bertz CT molecular complexity index is 694. The van der Waals surface area contributed by atoms with Crippen molar-refractivity contribution in [1.82, 2.24) is 0 Å². The van der Waals surface area contributed by atoms with Crippen LogP contribution < -0.4 is 16.3 Å². The van der Waals surface area contributed by atoms with Gasteiger partial charge in [0.25, 0.3) is 0 Å². The van der Waals surface area contributed by atoms with Crippen LogP contribution in [0, 0.1) is 0 Å². The zero-order chi connectivity index (χ0) is 15.2. The van der Waals surface area contributed by atoms with Gasteiger partial charge in [0.15, 0.2) is 0 Å². The number of rotatable bonds is 4. The summed E-state index contributed by atoms with van der Waals surface area (Å²) < 4.78 is 0. The maximum Gasteiger partial charge on any atom is 0.0314 e. The average Bonchev–Trinajstić information content (AvgIpc) is 2.59. The van der Waals surface area contributed by atoms with Gasteiger partial charge in [0.05, 0.1) is 0 Å². The number of nitrogen functional groups attached to an aromatic ring is 1. The van der Waals surface area contributed by atoms with Crippen molar-refractivity contribution in [1.29, 1.82) is 0 Å². The lowest BCUT2D eigenvalue weighted by Gasteiger charge is -2.14. The highest BCUT2D eigenvalue weighted by Crippen LogP contribution is 2.35. The molecule has 108 valence electrons. The van der Waals surface area contributed by atoms with Crippen LogP contribution in [0.2, 0.25) is 0 Å². The van der Waals surface area contributed by atoms with Gasteiger partial charge in [-0.25, -0.2) is 0 Å². The minimum absolute atomic E-state index is 0.494. The van der Waals surface area contributed by atoms with Crippen LogP contribution in [0.25, 0.3) is 6.08 Å². The molecule has 2 heteroatoms. The molecule has 0 amide bonds. The highest BCUT2D eigenvalue weighted by molar-refractivity contribution is 7.75. The number of hydrogen-bond donors (Lipinski definition) is 1. The third-order valence-electron chi connectivity index (χ3n) is 3.42. The summed E-state index contributed by atoms with van der Waals surface area (Å²) >= 11 is 0. The van der Waals surface area contributed by atoms with Crippen LogP contribution in [0.1, 0.15) is 5.56 Å². The molecule has 3 aromatic carbocycles. The van der Waals surface area contributed by atoms with E-state index in [0.29, 0.717) is 0 Å². The Hall–Kier alpha value is -2.37. The van der Waals surface area contributed by atoms with Crippen LogP contribution in [0.4, 0.5) is 5.69 Å². The van der Waals surface area contributed by atoms with Gasteiger partial charge in [-0.2, -0.15) is 0 Å². The molecule has 1 nitrogen and oxygen atoms in total. The molecule has 0 aliphatic heterocycles. The van der Waals surface area contributed by atoms with Gasteiger partial charge < -0.3 is 5.73 Å². The maximum absolute atomic E-state index is 5.74. The molecule has 0 spiro atoms. The molecule has 22 heavy (non-hydrogen) atoms. The van der Waals surface area contributed by atoms with Crippen molar-refractivity contribution in [3.63, 3.8) is 0 Å². The number of benzene rings is 3. The molecule has 0 radical (unpaired) electrons. The fourth-order valence-corrected chi connectivity index (χ4v) is 4.22. The van der Waals surface area contributed by atoms with Crippen molar-refractivity contribution in [2.45, 2.75) is 0 Å². The summed E-state index contributed by atoms with van der Waals surface area (Å²) in [7, 11) is -0.494. The molecule has 0 aromatic heterocycles. The van der Waals surface area contributed by atoms with Gasteiger partial charge in [-0.15, -0.1) is 0 Å². The first kappa shape index (κ1) is 14.6. The van der Waals surface area contributed by atoms with Crippen molar-refractivity contribution in [2.24, 2.45) is 0 Å². The van der Waals surface area contributed by atoms with Crippen LogP contribution in [0.3, 0.4) is 0 Å². The summed E-state index contributed by atoms with van der Waals surface area (Å²) in [6.07, 6.45) is 2.19. The lowest BCUT2D eigenvalue weighted by atomic mass is 10.2. The standard InChI is InChI=1S/C20H18NP/c21-18-13-11-17(12-14-18)15-16-22(19-7-3-1-4-8-19)20-9-5-2-6-10-20/h1-16H,21H2/b16-15-. The third-order valence-corrected chi connectivity index (χ3v) is 5.58. The summed E-state index contributed by atoms with van der Waals surface area (Å²) in [4.78, 5) is 0. The van der Waals surface area contributed by atoms with Crippen LogP contribution in [0.5, 0.6) is 0 Å². The van der Waals surface area contributed by atoms with Crippen LogP contribution >= 0.6 is 7.92 Å². The smallest absolute Gasteiger partial charge is 0.0314 e. The summed E-state index contributed by atoms with van der Waals surface area (Å²) in [6, 6.07) is 29.3. The molecular formula is C20H18NP. The molecule has 0 aliphatic rings. The molecule has 0 bridgehead atoms. The number of anilines is 1. The van der Waals surface area contributed by atoms with E-state index in [1.165, 1.54) is 16.2 Å². The molecule has 3 rings (SSSR count). The lowest BCUT2D eigenvalue weighted by Crippen LogP contribution is -2.09. The number of hydrogen-bond acceptors (Lipinski definition) is 1. The molecular weight excluding hydrogens is 285 g/mol. The van der Waals surface area contributed by atoms with E-state index in [4.69, 9.17) is 5.73 Å². The van der Waals surface area contributed by atoms with Gasteiger partial charge in [-0.05, 0) is 36.2 Å². The zero-order valence-corrected chi connectivity index (χ0v) is 13.2. The SMILES string of the molecule is Nc1ccc(/C=C\P(c2ccccc2)c2ccccc2)cc1. The minimum atomic E-state index is -0.494. The Labute approximate surface area is 132 Å². The molecule has 0 saturated heterocycles. The van der Waals surface area contributed by atoms with E-state index in [2.05, 4.69) is 84.7 Å².